The van der Waals surface area contributed by atoms with Crippen molar-refractivity contribution >= 4 is 17.5 Å². The summed E-state index contributed by atoms with van der Waals surface area (Å²) in [6.45, 7) is 1.75. The number of pyridine rings is 1. The minimum Gasteiger partial charge on any atom is -0.355 e. The molecule has 6 heteroatoms. The largest absolute Gasteiger partial charge is 0.355 e. The second kappa shape index (κ2) is 8.98. The second-order valence-corrected chi connectivity index (χ2v) is 7.83. The number of carbonyl (C=O) groups is 1. The van der Waals surface area contributed by atoms with Gasteiger partial charge in [-0.3, -0.25) is 9.69 Å². The molecule has 1 amide bonds. The van der Waals surface area contributed by atoms with Crippen LogP contribution in [0, 0.1) is 5.92 Å². The van der Waals surface area contributed by atoms with Crippen molar-refractivity contribution in [1.29, 1.82) is 0 Å². The van der Waals surface area contributed by atoms with Gasteiger partial charge in [-0.2, -0.15) is 0 Å². The predicted molar refractivity (Wildman–Crippen MR) is 125 cm³/mol. The molecule has 5 rings (SSSR count). The van der Waals surface area contributed by atoms with Crippen LogP contribution < -0.4 is 9.80 Å². The highest BCUT2D eigenvalue weighted by atomic mass is 16.2. The summed E-state index contributed by atoms with van der Waals surface area (Å²) in [6.07, 6.45) is 3.31. The molecular formula is C26H23N5O. The first-order chi connectivity index (χ1) is 15.8. The Hall–Kier alpha value is -4.06. The Balaban J connectivity index is 1.31. The summed E-state index contributed by atoms with van der Waals surface area (Å²) in [4.78, 5) is 30.6. The standard InChI is InChI=1S/C26H23N5O/c32-26(31(24-13-7-8-14-27-24)16-20-9-3-1-4-10-20)22-17-30(18-22)25-15-23(28-19-29-25)21-11-5-2-6-12-21/h1-15,19,22H,16-18H2. The minimum atomic E-state index is -0.101. The van der Waals surface area contributed by atoms with Crippen molar-refractivity contribution in [2.45, 2.75) is 6.54 Å². The molecule has 0 aliphatic carbocycles. The van der Waals surface area contributed by atoms with Gasteiger partial charge in [0.25, 0.3) is 0 Å². The fourth-order valence-electron chi connectivity index (χ4n) is 3.88. The fourth-order valence-corrected chi connectivity index (χ4v) is 3.88. The van der Waals surface area contributed by atoms with E-state index in [0.717, 1.165) is 22.6 Å². The van der Waals surface area contributed by atoms with E-state index in [-0.39, 0.29) is 11.8 Å². The number of nitrogens with zero attached hydrogens (tertiary/aromatic N) is 5. The molecule has 4 aromatic rings. The minimum absolute atomic E-state index is 0.0844. The third kappa shape index (κ3) is 4.21. The molecule has 1 saturated heterocycles. The molecule has 0 bridgehead atoms. The maximum absolute atomic E-state index is 13.4. The summed E-state index contributed by atoms with van der Waals surface area (Å²) in [5.41, 5.74) is 3.00. The van der Waals surface area contributed by atoms with Crippen LogP contribution in [0.5, 0.6) is 0 Å². The van der Waals surface area contributed by atoms with Crippen molar-refractivity contribution < 1.29 is 4.79 Å². The summed E-state index contributed by atoms with van der Waals surface area (Å²) in [6, 6.07) is 27.7. The number of hydrogen-bond donors (Lipinski definition) is 0. The Morgan fingerprint density at radius 1 is 0.875 bits per heavy atom. The first kappa shape index (κ1) is 19.9. The van der Waals surface area contributed by atoms with Crippen LogP contribution in [-0.2, 0) is 11.3 Å². The normalized spacial score (nSPS) is 13.4. The molecule has 0 spiro atoms. The molecule has 0 unspecified atom stereocenters. The van der Waals surface area contributed by atoms with Crippen LogP contribution in [0.1, 0.15) is 5.56 Å². The molecule has 1 fully saturated rings. The molecule has 0 saturated carbocycles. The number of carbonyl (C=O) groups excluding carboxylic acids is 1. The van der Waals surface area contributed by atoms with E-state index >= 15 is 0 Å². The second-order valence-electron chi connectivity index (χ2n) is 7.83. The Kier molecular flexibility index (Phi) is 5.58. The van der Waals surface area contributed by atoms with Crippen LogP contribution >= 0.6 is 0 Å². The summed E-state index contributed by atoms with van der Waals surface area (Å²) in [7, 11) is 0. The van der Waals surface area contributed by atoms with Gasteiger partial charge in [0, 0.05) is 30.9 Å². The van der Waals surface area contributed by atoms with E-state index in [2.05, 4.69) is 19.9 Å². The van der Waals surface area contributed by atoms with E-state index in [1.165, 1.54) is 0 Å². The van der Waals surface area contributed by atoms with Crippen molar-refractivity contribution in [2.75, 3.05) is 22.9 Å². The van der Waals surface area contributed by atoms with Gasteiger partial charge in [-0.15, -0.1) is 0 Å². The first-order valence-corrected chi connectivity index (χ1v) is 10.7. The van der Waals surface area contributed by atoms with Crippen molar-refractivity contribution in [2.24, 2.45) is 5.92 Å². The number of aromatic nitrogens is 3. The molecule has 158 valence electrons. The predicted octanol–water partition coefficient (Wildman–Crippen LogP) is 4.21. The Labute approximate surface area is 187 Å². The lowest BCUT2D eigenvalue weighted by Crippen LogP contribution is -2.55. The van der Waals surface area contributed by atoms with Crippen LogP contribution in [0.2, 0.25) is 0 Å². The number of benzene rings is 2. The third-order valence-electron chi connectivity index (χ3n) is 5.65. The SMILES string of the molecule is O=C(C1CN(c2cc(-c3ccccc3)ncn2)C1)N(Cc1ccccc1)c1ccccn1. The van der Waals surface area contributed by atoms with Gasteiger partial charge in [0.15, 0.2) is 0 Å². The molecule has 0 atom stereocenters. The van der Waals surface area contributed by atoms with Crippen molar-refractivity contribution in [1.82, 2.24) is 15.0 Å². The average molecular weight is 422 g/mol. The molecule has 2 aromatic heterocycles. The van der Waals surface area contributed by atoms with E-state index < -0.39 is 0 Å². The lowest BCUT2D eigenvalue weighted by molar-refractivity contribution is -0.123. The monoisotopic (exact) mass is 421 g/mol. The van der Waals surface area contributed by atoms with Crippen LogP contribution in [0.15, 0.2) is 97.5 Å². The molecule has 6 nitrogen and oxygen atoms in total. The van der Waals surface area contributed by atoms with Crippen LogP contribution in [-0.4, -0.2) is 33.9 Å². The zero-order valence-corrected chi connectivity index (χ0v) is 17.6. The summed E-state index contributed by atoms with van der Waals surface area (Å²) in [5, 5.41) is 0. The molecular weight excluding hydrogens is 398 g/mol. The van der Waals surface area contributed by atoms with Crippen molar-refractivity contribution in [3.8, 4) is 11.3 Å². The van der Waals surface area contributed by atoms with Gasteiger partial charge < -0.3 is 4.90 Å². The van der Waals surface area contributed by atoms with E-state index in [9.17, 15) is 4.79 Å². The van der Waals surface area contributed by atoms with E-state index in [4.69, 9.17) is 0 Å². The van der Waals surface area contributed by atoms with Gasteiger partial charge in [0.2, 0.25) is 5.91 Å². The molecule has 3 heterocycles. The molecule has 32 heavy (non-hydrogen) atoms. The maximum atomic E-state index is 13.4. The quantitative estimate of drug-likeness (QED) is 0.467. The highest BCUT2D eigenvalue weighted by Gasteiger charge is 2.37. The topological polar surface area (TPSA) is 62.2 Å². The average Bonchev–Trinajstić information content (AvgIpc) is 2.83. The number of rotatable bonds is 6. The van der Waals surface area contributed by atoms with Gasteiger partial charge in [0.1, 0.15) is 18.0 Å². The summed E-state index contributed by atoms with van der Waals surface area (Å²) in [5.74, 6) is 1.50. The lowest BCUT2D eigenvalue weighted by Gasteiger charge is -2.41. The third-order valence-corrected chi connectivity index (χ3v) is 5.65. The zero-order chi connectivity index (χ0) is 21.8. The molecule has 0 N–H and O–H groups in total. The summed E-state index contributed by atoms with van der Waals surface area (Å²) >= 11 is 0. The van der Waals surface area contributed by atoms with E-state index in [1.807, 2.05) is 84.9 Å². The lowest BCUT2D eigenvalue weighted by atomic mass is 9.97. The van der Waals surface area contributed by atoms with Gasteiger partial charge in [0.05, 0.1) is 18.2 Å². The number of hydrogen-bond acceptors (Lipinski definition) is 5. The van der Waals surface area contributed by atoms with Crippen molar-refractivity contribution in [3.05, 3.63) is 103 Å². The maximum Gasteiger partial charge on any atom is 0.235 e. The van der Waals surface area contributed by atoms with Crippen molar-refractivity contribution in [3.63, 3.8) is 0 Å². The molecule has 1 aliphatic rings. The fraction of sp³-hybridized carbons (Fsp3) is 0.154. The smallest absolute Gasteiger partial charge is 0.235 e. The number of amides is 1. The van der Waals surface area contributed by atoms with Gasteiger partial charge in [-0.1, -0.05) is 66.7 Å². The Morgan fingerprint density at radius 2 is 1.59 bits per heavy atom. The van der Waals surface area contributed by atoms with Crippen LogP contribution in [0.25, 0.3) is 11.3 Å². The van der Waals surface area contributed by atoms with E-state index in [0.29, 0.717) is 25.5 Å². The Bertz CT molecular complexity index is 1180. The van der Waals surface area contributed by atoms with Gasteiger partial charge >= 0.3 is 0 Å². The van der Waals surface area contributed by atoms with Gasteiger partial charge in [-0.05, 0) is 17.7 Å². The summed E-state index contributed by atoms with van der Waals surface area (Å²) < 4.78 is 0. The van der Waals surface area contributed by atoms with Gasteiger partial charge in [-0.25, -0.2) is 15.0 Å². The highest BCUT2D eigenvalue weighted by molar-refractivity contribution is 5.95. The number of anilines is 2. The highest BCUT2D eigenvalue weighted by Crippen LogP contribution is 2.28. The van der Waals surface area contributed by atoms with Crippen LogP contribution in [0.4, 0.5) is 11.6 Å². The zero-order valence-electron chi connectivity index (χ0n) is 17.6. The van der Waals surface area contributed by atoms with Crippen LogP contribution in [0.3, 0.4) is 0 Å². The molecule has 2 aromatic carbocycles. The molecule has 0 radical (unpaired) electrons. The Morgan fingerprint density at radius 3 is 2.31 bits per heavy atom. The first-order valence-electron chi connectivity index (χ1n) is 10.7. The van der Waals surface area contributed by atoms with E-state index in [1.54, 1.807) is 17.4 Å². The molecule has 1 aliphatic heterocycles.